The Kier molecular flexibility index (Phi) is 8.13. The van der Waals surface area contributed by atoms with Gasteiger partial charge in [-0.1, -0.05) is 19.4 Å². The van der Waals surface area contributed by atoms with Crippen LogP contribution in [-0.4, -0.2) is 46.7 Å². The second kappa shape index (κ2) is 10.1. The Morgan fingerprint density at radius 1 is 1.39 bits per heavy atom. The number of hydrogen-bond acceptors (Lipinski definition) is 6. The van der Waals surface area contributed by atoms with Crippen molar-refractivity contribution in [3.63, 3.8) is 0 Å². The van der Waals surface area contributed by atoms with Gasteiger partial charge in [-0.3, -0.25) is 4.79 Å². The summed E-state index contributed by atoms with van der Waals surface area (Å²) in [5, 5.41) is 30.3. The maximum absolute atomic E-state index is 11.8. The molecule has 158 valence electrons. The molecule has 1 aromatic carbocycles. The summed E-state index contributed by atoms with van der Waals surface area (Å²) in [6.07, 6.45) is 4.24. The molecule has 0 radical (unpaired) electrons. The van der Waals surface area contributed by atoms with E-state index >= 15 is 0 Å². The predicted molar refractivity (Wildman–Crippen MR) is 106 cm³/mol. The SMILES string of the molecule is CCC[C@H](CO)[C@@H]1CC[C@](CCc2ccc(O)c(OC)c2)(OC(C)=O)C[C@H]1O. The molecule has 0 spiro atoms. The molecule has 0 heterocycles. The Hall–Kier alpha value is -1.79. The molecule has 3 N–H and O–H groups in total. The van der Waals surface area contributed by atoms with E-state index in [1.807, 2.05) is 6.07 Å². The highest BCUT2D eigenvalue weighted by atomic mass is 16.6. The van der Waals surface area contributed by atoms with Crippen LogP contribution in [-0.2, 0) is 16.0 Å². The number of ether oxygens (including phenoxy) is 2. The van der Waals surface area contributed by atoms with Gasteiger partial charge in [0.15, 0.2) is 11.5 Å². The van der Waals surface area contributed by atoms with Crippen LogP contribution in [0.4, 0.5) is 0 Å². The maximum atomic E-state index is 11.8. The maximum Gasteiger partial charge on any atom is 0.303 e. The lowest BCUT2D eigenvalue weighted by atomic mass is 9.69. The molecule has 0 aliphatic heterocycles. The van der Waals surface area contributed by atoms with E-state index in [0.717, 1.165) is 24.8 Å². The number of phenols is 1. The molecule has 4 atom stereocenters. The molecule has 28 heavy (non-hydrogen) atoms. The zero-order valence-electron chi connectivity index (χ0n) is 17.2. The van der Waals surface area contributed by atoms with Crippen molar-refractivity contribution in [1.29, 1.82) is 0 Å². The summed E-state index contributed by atoms with van der Waals surface area (Å²) in [6.45, 7) is 3.55. The van der Waals surface area contributed by atoms with Gasteiger partial charge in [-0.05, 0) is 61.6 Å². The minimum atomic E-state index is -0.709. The largest absolute Gasteiger partial charge is 0.504 e. The first kappa shape index (κ1) is 22.5. The third-order valence-electron chi connectivity index (χ3n) is 5.98. The van der Waals surface area contributed by atoms with E-state index < -0.39 is 11.7 Å². The molecule has 0 unspecified atom stereocenters. The van der Waals surface area contributed by atoms with Crippen LogP contribution >= 0.6 is 0 Å². The zero-order valence-corrected chi connectivity index (χ0v) is 17.2. The van der Waals surface area contributed by atoms with E-state index in [0.29, 0.717) is 31.4 Å². The van der Waals surface area contributed by atoms with Gasteiger partial charge in [0.1, 0.15) is 5.60 Å². The Bertz CT molecular complexity index is 646. The molecule has 6 heteroatoms. The monoisotopic (exact) mass is 394 g/mol. The van der Waals surface area contributed by atoms with E-state index in [4.69, 9.17) is 9.47 Å². The molecule has 0 aromatic heterocycles. The van der Waals surface area contributed by atoms with Crippen LogP contribution in [0.5, 0.6) is 11.5 Å². The number of methoxy groups -OCH3 is 1. The summed E-state index contributed by atoms with van der Waals surface area (Å²) < 4.78 is 10.9. The first-order chi connectivity index (χ1) is 13.3. The minimum Gasteiger partial charge on any atom is -0.504 e. The summed E-state index contributed by atoms with van der Waals surface area (Å²) in [5.41, 5.74) is 0.260. The second-order valence-corrected chi connectivity index (χ2v) is 7.99. The molecule has 2 rings (SSSR count). The van der Waals surface area contributed by atoms with Crippen LogP contribution in [0.3, 0.4) is 0 Å². The number of esters is 1. The van der Waals surface area contributed by atoms with Crippen molar-refractivity contribution in [2.75, 3.05) is 13.7 Å². The van der Waals surface area contributed by atoms with Gasteiger partial charge in [0.2, 0.25) is 0 Å². The molecule has 1 aliphatic rings. The molecule has 0 bridgehead atoms. The van der Waals surface area contributed by atoms with Crippen molar-refractivity contribution in [2.45, 2.75) is 70.5 Å². The van der Waals surface area contributed by atoms with E-state index in [9.17, 15) is 20.1 Å². The summed E-state index contributed by atoms with van der Waals surface area (Å²) in [6, 6.07) is 5.20. The van der Waals surface area contributed by atoms with E-state index in [2.05, 4.69) is 6.92 Å². The normalized spacial score (nSPS) is 25.9. The number of carbonyl (C=O) groups is 1. The molecule has 1 aliphatic carbocycles. The molecular weight excluding hydrogens is 360 g/mol. The summed E-state index contributed by atoms with van der Waals surface area (Å²) in [4.78, 5) is 11.8. The Labute approximate surface area is 167 Å². The van der Waals surface area contributed by atoms with Gasteiger partial charge in [0, 0.05) is 20.0 Å². The molecular formula is C22H34O6. The fourth-order valence-electron chi connectivity index (χ4n) is 4.54. The summed E-state index contributed by atoms with van der Waals surface area (Å²) in [5.74, 6) is 0.260. The quantitative estimate of drug-likeness (QED) is 0.557. The second-order valence-electron chi connectivity index (χ2n) is 7.99. The van der Waals surface area contributed by atoms with Crippen molar-refractivity contribution in [3.05, 3.63) is 23.8 Å². The molecule has 1 saturated carbocycles. The van der Waals surface area contributed by atoms with Crippen molar-refractivity contribution >= 4 is 5.97 Å². The zero-order chi connectivity index (χ0) is 20.7. The van der Waals surface area contributed by atoms with E-state index in [1.165, 1.54) is 14.0 Å². The van der Waals surface area contributed by atoms with Crippen LogP contribution in [0.15, 0.2) is 18.2 Å². The first-order valence-electron chi connectivity index (χ1n) is 10.2. The number of hydrogen-bond donors (Lipinski definition) is 3. The van der Waals surface area contributed by atoms with Gasteiger partial charge in [-0.2, -0.15) is 0 Å². The number of aliphatic hydroxyl groups is 2. The van der Waals surface area contributed by atoms with Crippen molar-refractivity contribution in [3.8, 4) is 11.5 Å². The van der Waals surface area contributed by atoms with E-state index in [1.54, 1.807) is 12.1 Å². The number of rotatable bonds is 9. The van der Waals surface area contributed by atoms with E-state index in [-0.39, 0.29) is 30.2 Å². The van der Waals surface area contributed by atoms with Crippen molar-refractivity contribution in [1.82, 2.24) is 0 Å². The molecule has 1 fully saturated rings. The standard InChI is InChI=1S/C22H34O6/c1-4-5-17(14-23)18-9-11-22(13-20(18)26,28-15(2)24)10-8-16-6-7-19(25)21(12-16)27-3/h6-7,12,17-18,20,23,25-26H,4-5,8-11,13-14H2,1-3H3/t17-,18+,20-,22+/m1/s1. The minimum absolute atomic E-state index is 0.0300. The lowest BCUT2D eigenvalue weighted by Gasteiger charge is -2.44. The van der Waals surface area contributed by atoms with Crippen molar-refractivity contribution < 1.29 is 29.6 Å². The average molecular weight is 395 g/mol. The van der Waals surface area contributed by atoms with Gasteiger partial charge in [-0.25, -0.2) is 0 Å². The fraction of sp³-hybridized carbons (Fsp3) is 0.682. The lowest BCUT2D eigenvalue weighted by Crippen LogP contribution is -2.47. The van der Waals surface area contributed by atoms with Gasteiger partial charge >= 0.3 is 5.97 Å². The highest BCUT2D eigenvalue weighted by molar-refractivity contribution is 5.66. The number of carbonyl (C=O) groups excluding carboxylic acids is 1. The number of aromatic hydroxyl groups is 1. The summed E-state index contributed by atoms with van der Waals surface area (Å²) >= 11 is 0. The van der Waals surface area contributed by atoms with Gasteiger partial charge < -0.3 is 24.8 Å². The van der Waals surface area contributed by atoms with Crippen molar-refractivity contribution in [2.24, 2.45) is 11.8 Å². The topological polar surface area (TPSA) is 96.2 Å². The Morgan fingerprint density at radius 3 is 2.71 bits per heavy atom. The van der Waals surface area contributed by atoms with Gasteiger partial charge in [0.25, 0.3) is 0 Å². The number of aryl methyl sites for hydroxylation is 1. The Morgan fingerprint density at radius 2 is 2.14 bits per heavy atom. The average Bonchev–Trinajstić information content (AvgIpc) is 2.65. The summed E-state index contributed by atoms with van der Waals surface area (Å²) in [7, 11) is 1.50. The van der Waals surface area contributed by atoms with Gasteiger partial charge in [0.05, 0.1) is 13.2 Å². The molecule has 0 saturated heterocycles. The van der Waals surface area contributed by atoms with Crippen LogP contribution in [0.1, 0.15) is 57.9 Å². The Balaban J connectivity index is 2.11. The third kappa shape index (κ3) is 5.61. The fourth-order valence-corrected chi connectivity index (χ4v) is 4.54. The smallest absolute Gasteiger partial charge is 0.303 e. The highest BCUT2D eigenvalue weighted by Crippen LogP contribution is 2.42. The van der Waals surface area contributed by atoms with Crippen LogP contribution in [0.25, 0.3) is 0 Å². The number of aliphatic hydroxyl groups excluding tert-OH is 2. The molecule has 1 aromatic rings. The third-order valence-corrected chi connectivity index (χ3v) is 5.98. The predicted octanol–water partition coefficient (Wildman–Crippen LogP) is 3.20. The molecule has 6 nitrogen and oxygen atoms in total. The number of benzene rings is 1. The van der Waals surface area contributed by atoms with Crippen LogP contribution < -0.4 is 4.74 Å². The molecule has 0 amide bonds. The van der Waals surface area contributed by atoms with Crippen LogP contribution in [0.2, 0.25) is 0 Å². The van der Waals surface area contributed by atoms with Gasteiger partial charge in [-0.15, -0.1) is 0 Å². The lowest BCUT2D eigenvalue weighted by molar-refractivity contribution is -0.170. The number of phenolic OH excluding ortho intramolecular Hbond substituents is 1. The van der Waals surface area contributed by atoms with Crippen LogP contribution in [0, 0.1) is 11.8 Å². The highest BCUT2D eigenvalue weighted by Gasteiger charge is 2.44. The first-order valence-corrected chi connectivity index (χ1v) is 10.2.